The molecule has 0 saturated carbocycles. The highest BCUT2D eigenvalue weighted by Crippen LogP contribution is 2.20. The molecule has 0 aliphatic carbocycles. The third-order valence-electron chi connectivity index (χ3n) is 3.09. The minimum absolute atomic E-state index is 0.143. The van der Waals surface area contributed by atoms with Crippen molar-refractivity contribution in [3.63, 3.8) is 0 Å². The van der Waals surface area contributed by atoms with E-state index < -0.39 is 6.10 Å². The number of hydrogen-bond donors (Lipinski definition) is 2. The van der Waals surface area contributed by atoms with Crippen LogP contribution in [0.1, 0.15) is 18.4 Å². The summed E-state index contributed by atoms with van der Waals surface area (Å²) in [5.41, 5.74) is 1.85. The summed E-state index contributed by atoms with van der Waals surface area (Å²) in [5, 5.41) is 12.4. The van der Waals surface area contributed by atoms with Crippen LogP contribution in [0.4, 0.5) is 10.5 Å². The summed E-state index contributed by atoms with van der Waals surface area (Å²) in [6.45, 7) is 3.10. The molecular formula is C13H17BrN2O2. The van der Waals surface area contributed by atoms with E-state index in [0.29, 0.717) is 13.1 Å². The molecule has 1 fully saturated rings. The average Bonchev–Trinajstić information content (AvgIpc) is 2.34. The Bertz CT molecular complexity index is 451. The Hall–Kier alpha value is -1.07. The number of hydrogen-bond acceptors (Lipinski definition) is 2. The van der Waals surface area contributed by atoms with E-state index in [9.17, 15) is 9.90 Å². The number of urea groups is 1. The Labute approximate surface area is 115 Å². The number of rotatable bonds is 1. The minimum Gasteiger partial charge on any atom is -0.391 e. The van der Waals surface area contributed by atoms with Gasteiger partial charge in [-0.2, -0.15) is 0 Å². The number of nitrogens with zero attached hydrogens (tertiary/aromatic N) is 1. The molecule has 98 valence electrons. The first-order valence-electron chi connectivity index (χ1n) is 6.06. The van der Waals surface area contributed by atoms with Crippen molar-refractivity contribution in [2.24, 2.45) is 0 Å². The Morgan fingerprint density at radius 3 is 3.00 bits per heavy atom. The summed E-state index contributed by atoms with van der Waals surface area (Å²) in [6.07, 6.45) is 1.24. The van der Waals surface area contributed by atoms with Gasteiger partial charge in [-0.05, 0) is 43.5 Å². The summed E-state index contributed by atoms with van der Waals surface area (Å²) in [7, 11) is 0. The van der Waals surface area contributed by atoms with Gasteiger partial charge >= 0.3 is 6.03 Å². The van der Waals surface area contributed by atoms with Crippen LogP contribution in [0.25, 0.3) is 0 Å². The number of likely N-dealkylation sites (tertiary alicyclic amines) is 1. The van der Waals surface area contributed by atoms with Gasteiger partial charge in [-0.25, -0.2) is 4.79 Å². The third kappa shape index (κ3) is 3.23. The molecule has 2 amide bonds. The molecular weight excluding hydrogens is 296 g/mol. The molecule has 1 aromatic carbocycles. The van der Waals surface area contributed by atoms with Gasteiger partial charge in [0, 0.05) is 23.2 Å². The monoisotopic (exact) mass is 312 g/mol. The van der Waals surface area contributed by atoms with Crippen molar-refractivity contribution in [2.75, 3.05) is 18.4 Å². The first-order chi connectivity index (χ1) is 8.56. The number of carbonyl (C=O) groups excluding carboxylic acids is 1. The van der Waals surface area contributed by atoms with Crippen LogP contribution >= 0.6 is 15.9 Å². The van der Waals surface area contributed by atoms with Crippen LogP contribution in [0.15, 0.2) is 22.7 Å². The lowest BCUT2D eigenvalue weighted by Crippen LogP contribution is -2.44. The fourth-order valence-electron chi connectivity index (χ4n) is 2.06. The number of carbonyl (C=O) groups is 1. The molecule has 0 bridgehead atoms. The lowest BCUT2D eigenvalue weighted by Gasteiger charge is -2.30. The molecule has 1 atom stereocenters. The van der Waals surface area contributed by atoms with Gasteiger partial charge in [0.15, 0.2) is 0 Å². The SMILES string of the molecule is Cc1cc(NC(=O)N2CCCC(O)C2)ccc1Br. The van der Waals surface area contributed by atoms with E-state index in [0.717, 1.165) is 28.6 Å². The second kappa shape index (κ2) is 5.71. The predicted molar refractivity (Wildman–Crippen MR) is 74.7 cm³/mol. The molecule has 2 N–H and O–H groups in total. The average molecular weight is 313 g/mol. The van der Waals surface area contributed by atoms with Crippen LogP contribution in [-0.4, -0.2) is 35.2 Å². The summed E-state index contributed by atoms with van der Waals surface area (Å²) in [6, 6.07) is 5.55. The van der Waals surface area contributed by atoms with Crippen LogP contribution < -0.4 is 5.32 Å². The van der Waals surface area contributed by atoms with Crippen molar-refractivity contribution in [2.45, 2.75) is 25.9 Å². The molecule has 1 aliphatic heterocycles. The van der Waals surface area contributed by atoms with E-state index >= 15 is 0 Å². The maximum atomic E-state index is 12.0. The molecule has 1 aliphatic rings. The minimum atomic E-state index is -0.392. The highest BCUT2D eigenvalue weighted by atomic mass is 79.9. The van der Waals surface area contributed by atoms with E-state index in [1.165, 1.54) is 0 Å². The number of aliphatic hydroxyl groups is 1. The standard InChI is InChI=1S/C13H17BrN2O2/c1-9-7-10(4-5-12(9)14)15-13(18)16-6-2-3-11(17)8-16/h4-5,7,11,17H,2-3,6,8H2,1H3,(H,15,18). The molecule has 0 aromatic heterocycles. The normalized spacial score (nSPS) is 19.7. The quantitative estimate of drug-likeness (QED) is 0.837. The van der Waals surface area contributed by atoms with Crippen molar-refractivity contribution in [3.05, 3.63) is 28.2 Å². The van der Waals surface area contributed by atoms with Crippen LogP contribution in [0.5, 0.6) is 0 Å². The van der Waals surface area contributed by atoms with Crippen molar-refractivity contribution in [1.29, 1.82) is 0 Å². The zero-order valence-electron chi connectivity index (χ0n) is 10.3. The summed E-state index contributed by atoms with van der Waals surface area (Å²) < 4.78 is 1.02. The maximum absolute atomic E-state index is 12.0. The number of nitrogens with one attached hydrogen (secondary N) is 1. The molecule has 4 nitrogen and oxygen atoms in total. The Morgan fingerprint density at radius 1 is 1.56 bits per heavy atom. The molecule has 2 rings (SSSR count). The first-order valence-corrected chi connectivity index (χ1v) is 6.85. The van der Waals surface area contributed by atoms with Gasteiger partial charge in [0.05, 0.1) is 6.10 Å². The van der Waals surface area contributed by atoms with Crippen LogP contribution in [0, 0.1) is 6.92 Å². The number of benzene rings is 1. The van der Waals surface area contributed by atoms with Gasteiger partial charge in [-0.1, -0.05) is 15.9 Å². The lowest BCUT2D eigenvalue weighted by atomic mass is 10.1. The van der Waals surface area contributed by atoms with Crippen molar-refractivity contribution >= 4 is 27.6 Å². The Kier molecular flexibility index (Phi) is 4.24. The zero-order chi connectivity index (χ0) is 13.1. The zero-order valence-corrected chi connectivity index (χ0v) is 11.9. The number of halogens is 1. The van der Waals surface area contributed by atoms with Crippen molar-refractivity contribution in [3.8, 4) is 0 Å². The summed E-state index contributed by atoms with van der Waals surface area (Å²) in [4.78, 5) is 13.7. The fraction of sp³-hybridized carbons (Fsp3) is 0.462. The van der Waals surface area contributed by atoms with Crippen LogP contribution in [0.3, 0.4) is 0 Å². The largest absolute Gasteiger partial charge is 0.391 e. The highest BCUT2D eigenvalue weighted by molar-refractivity contribution is 9.10. The summed E-state index contributed by atoms with van der Waals surface area (Å²) >= 11 is 3.42. The van der Waals surface area contributed by atoms with Gasteiger partial charge in [-0.15, -0.1) is 0 Å². The van der Waals surface area contributed by atoms with Gasteiger partial charge in [0.1, 0.15) is 0 Å². The molecule has 0 radical (unpaired) electrons. The molecule has 0 spiro atoms. The fourth-order valence-corrected chi connectivity index (χ4v) is 2.31. The van der Waals surface area contributed by atoms with Crippen LogP contribution in [-0.2, 0) is 0 Å². The molecule has 1 unspecified atom stereocenters. The highest BCUT2D eigenvalue weighted by Gasteiger charge is 2.21. The number of aliphatic hydroxyl groups excluding tert-OH is 1. The van der Waals surface area contributed by atoms with Gasteiger partial charge in [-0.3, -0.25) is 0 Å². The summed E-state index contributed by atoms with van der Waals surface area (Å²) in [5.74, 6) is 0. The number of amides is 2. The van der Waals surface area contributed by atoms with Crippen molar-refractivity contribution in [1.82, 2.24) is 4.90 Å². The Morgan fingerprint density at radius 2 is 2.33 bits per heavy atom. The maximum Gasteiger partial charge on any atom is 0.321 e. The molecule has 1 saturated heterocycles. The van der Waals surface area contributed by atoms with E-state index in [4.69, 9.17) is 0 Å². The molecule has 5 heteroatoms. The van der Waals surface area contributed by atoms with E-state index in [1.54, 1.807) is 4.90 Å². The van der Waals surface area contributed by atoms with Crippen LogP contribution in [0.2, 0.25) is 0 Å². The van der Waals surface area contributed by atoms with Gasteiger partial charge in [0.25, 0.3) is 0 Å². The van der Waals surface area contributed by atoms with E-state index in [2.05, 4.69) is 21.2 Å². The van der Waals surface area contributed by atoms with E-state index in [1.807, 2.05) is 25.1 Å². The number of aryl methyl sites for hydroxylation is 1. The smallest absolute Gasteiger partial charge is 0.321 e. The lowest BCUT2D eigenvalue weighted by molar-refractivity contribution is 0.0883. The topological polar surface area (TPSA) is 52.6 Å². The van der Waals surface area contributed by atoms with Gasteiger partial charge in [0.2, 0.25) is 0 Å². The number of β-amino-alcohol motifs (C(OH)–C–C–N with tert-alkyl or cyclic N) is 1. The van der Waals surface area contributed by atoms with E-state index in [-0.39, 0.29) is 6.03 Å². The number of anilines is 1. The third-order valence-corrected chi connectivity index (χ3v) is 3.98. The second-order valence-corrected chi connectivity index (χ2v) is 5.49. The molecule has 18 heavy (non-hydrogen) atoms. The van der Waals surface area contributed by atoms with Gasteiger partial charge < -0.3 is 15.3 Å². The molecule has 1 heterocycles. The predicted octanol–water partition coefficient (Wildman–Crippen LogP) is 2.75. The Balaban J connectivity index is 2.00. The first kappa shape index (κ1) is 13.4. The number of piperidine rings is 1. The second-order valence-electron chi connectivity index (χ2n) is 4.64. The molecule has 1 aromatic rings. The van der Waals surface area contributed by atoms with Crippen molar-refractivity contribution < 1.29 is 9.90 Å².